The number of alkyl halides is 1. The van der Waals surface area contributed by atoms with Crippen molar-refractivity contribution in [1.82, 2.24) is 5.32 Å². The fourth-order valence-electron chi connectivity index (χ4n) is 0.732. The smallest absolute Gasteiger partial charge is 0.0443 e. The summed E-state index contributed by atoms with van der Waals surface area (Å²) in [5, 5.41) is 20.6. The maximum atomic E-state index is 8.36. The number of hydrogen-bond acceptors (Lipinski definition) is 3. The van der Waals surface area contributed by atoms with Gasteiger partial charge in [0.25, 0.3) is 0 Å². The van der Waals surface area contributed by atoms with Gasteiger partial charge in [-0.25, -0.2) is 0 Å². The first kappa shape index (κ1) is 13.4. The van der Waals surface area contributed by atoms with Crippen molar-refractivity contribution >= 4 is 15.9 Å². The van der Waals surface area contributed by atoms with Crippen molar-refractivity contribution in [2.24, 2.45) is 0 Å². The summed E-state index contributed by atoms with van der Waals surface area (Å²) in [6, 6.07) is 0.793. The van der Waals surface area contributed by atoms with Crippen LogP contribution in [0.5, 0.6) is 0 Å². The Balaban J connectivity index is 0.000000252. The van der Waals surface area contributed by atoms with E-state index in [1.165, 1.54) is 12.8 Å². The molecule has 1 aliphatic rings. The molecule has 13 heavy (non-hydrogen) atoms. The normalized spacial score (nSPS) is 15.0. The Morgan fingerprint density at radius 2 is 1.77 bits per heavy atom. The van der Waals surface area contributed by atoms with Crippen LogP contribution in [0, 0.1) is 0 Å². The van der Waals surface area contributed by atoms with Gasteiger partial charge in [0.15, 0.2) is 0 Å². The SMILES string of the molecule is OCCCBr.OCCCNC1CC1. The van der Waals surface area contributed by atoms with E-state index in [0.29, 0.717) is 13.2 Å². The van der Waals surface area contributed by atoms with Crippen molar-refractivity contribution in [3.8, 4) is 0 Å². The lowest BCUT2D eigenvalue weighted by molar-refractivity contribution is 0.286. The van der Waals surface area contributed by atoms with E-state index >= 15 is 0 Å². The first-order chi connectivity index (χ1) is 6.35. The Labute approximate surface area is 88.7 Å². The third-order valence-electron chi connectivity index (χ3n) is 1.64. The molecule has 0 bridgehead atoms. The van der Waals surface area contributed by atoms with Crippen LogP contribution in [0.25, 0.3) is 0 Å². The molecule has 1 rings (SSSR count). The second kappa shape index (κ2) is 10.4. The van der Waals surface area contributed by atoms with Crippen molar-refractivity contribution in [3.63, 3.8) is 0 Å². The third kappa shape index (κ3) is 12.4. The minimum absolute atomic E-state index is 0.297. The summed E-state index contributed by atoms with van der Waals surface area (Å²) in [5.41, 5.74) is 0. The lowest BCUT2D eigenvalue weighted by Gasteiger charge is -1.96. The highest BCUT2D eigenvalue weighted by Crippen LogP contribution is 2.17. The van der Waals surface area contributed by atoms with Crippen LogP contribution in [0.1, 0.15) is 25.7 Å². The van der Waals surface area contributed by atoms with E-state index in [9.17, 15) is 0 Å². The first-order valence-electron chi connectivity index (χ1n) is 4.86. The zero-order valence-electron chi connectivity index (χ0n) is 8.01. The lowest BCUT2D eigenvalue weighted by Crippen LogP contribution is -2.18. The van der Waals surface area contributed by atoms with Crippen LogP contribution in [0.3, 0.4) is 0 Å². The second-order valence-corrected chi connectivity index (χ2v) is 3.86. The van der Waals surface area contributed by atoms with E-state index < -0.39 is 0 Å². The van der Waals surface area contributed by atoms with Gasteiger partial charge in [0.05, 0.1) is 0 Å². The zero-order chi connectivity index (χ0) is 9.94. The van der Waals surface area contributed by atoms with Crippen LogP contribution in [0.4, 0.5) is 0 Å². The highest BCUT2D eigenvalue weighted by Gasteiger charge is 2.19. The number of aliphatic hydroxyl groups excluding tert-OH is 2. The minimum atomic E-state index is 0.297. The maximum Gasteiger partial charge on any atom is 0.0443 e. The summed E-state index contributed by atoms with van der Waals surface area (Å²) in [7, 11) is 0. The number of nitrogens with one attached hydrogen (secondary N) is 1. The molecule has 3 nitrogen and oxygen atoms in total. The van der Waals surface area contributed by atoms with Gasteiger partial charge in [-0.05, 0) is 32.2 Å². The first-order valence-corrected chi connectivity index (χ1v) is 5.98. The van der Waals surface area contributed by atoms with E-state index in [1.54, 1.807) is 0 Å². The summed E-state index contributed by atoms with van der Waals surface area (Å²) >= 11 is 3.15. The molecule has 3 N–H and O–H groups in total. The number of halogens is 1. The van der Waals surface area contributed by atoms with Crippen LogP contribution in [0.2, 0.25) is 0 Å². The van der Waals surface area contributed by atoms with E-state index in [2.05, 4.69) is 21.2 Å². The average molecular weight is 254 g/mol. The van der Waals surface area contributed by atoms with Gasteiger partial charge in [0.1, 0.15) is 0 Å². The lowest BCUT2D eigenvalue weighted by atomic mass is 10.4. The molecule has 1 aliphatic carbocycles. The Bertz CT molecular complexity index is 97.6. The average Bonchev–Trinajstić information content (AvgIpc) is 2.91. The van der Waals surface area contributed by atoms with Crippen LogP contribution in [0.15, 0.2) is 0 Å². The Hall–Kier alpha value is 0.360. The summed E-state index contributed by atoms with van der Waals surface area (Å²) in [5.74, 6) is 0. The highest BCUT2D eigenvalue weighted by molar-refractivity contribution is 9.09. The minimum Gasteiger partial charge on any atom is -0.396 e. The molecule has 0 unspecified atom stereocenters. The number of hydrogen-bond donors (Lipinski definition) is 3. The van der Waals surface area contributed by atoms with E-state index in [4.69, 9.17) is 10.2 Å². The van der Waals surface area contributed by atoms with Gasteiger partial charge in [0.2, 0.25) is 0 Å². The second-order valence-electron chi connectivity index (χ2n) is 3.07. The van der Waals surface area contributed by atoms with Gasteiger partial charge in [-0.15, -0.1) is 0 Å². The van der Waals surface area contributed by atoms with Gasteiger partial charge < -0.3 is 15.5 Å². The van der Waals surface area contributed by atoms with Gasteiger partial charge in [-0.2, -0.15) is 0 Å². The zero-order valence-corrected chi connectivity index (χ0v) is 9.59. The molecule has 1 fully saturated rings. The maximum absolute atomic E-state index is 8.36. The summed E-state index contributed by atoms with van der Waals surface area (Å²) in [6.45, 7) is 1.60. The molecule has 0 amide bonds. The topological polar surface area (TPSA) is 52.5 Å². The predicted molar refractivity (Wildman–Crippen MR) is 58.2 cm³/mol. The molecule has 0 aromatic heterocycles. The fourth-order valence-corrected chi connectivity index (χ4v) is 0.983. The van der Waals surface area contributed by atoms with Gasteiger partial charge in [-0.1, -0.05) is 15.9 Å². The molecule has 0 aromatic carbocycles. The van der Waals surface area contributed by atoms with Gasteiger partial charge >= 0.3 is 0 Å². The number of aliphatic hydroxyl groups is 2. The Morgan fingerprint density at radius 3 is 2.08 bits per heavy atom. The van der Waals surface area contributed by atoms with Crippen LogP contribution in [-0.2, 0) is 0 Å². The molecule has 0 saturated heterocycles. The Morgan fingerprint density at radius 1 is 1.15 bits per heavy atom. The van der Waals surface area contributed by atoms with Gasteiger partial charge in [0, 0.05) is 24.6 Å². The van der Waals surface area contributed by atoms with E-state index in [-0.39, 0.29) is 0 Å². The molecular weight excluding hydrogens is 234 g/mol. The summed E-state index contributed by atoms with van der Waals surface area (Å²) in [4.78, 5) is 0. The molecule has 4 heteroatoms. The van der Waals surface area contributed by atoms with E-state index in [1.807, 2.05) is 0 Å². The largest absolute Gasteiger partial charge is 0.396 e. The van der Waals surface area contributed by atoms with E-state index in [0.717, 1.165) is 30.8 Å². The summed E-state index contributed by atoms with van der Waals surface area (Å²) < 4.78 is 0. The molecule has 0 spiro atoms. The van der Waals surface area contributed by atoms with Crippen LogP contribution >= 0.6 is 15.9 Å². The van der Waals surface area contributed by atoms with Crippen LogP contribution < -0.4 is 5.32 Å². The molecule has 0 heterocycles. The van der Waals surface area contributed by atoms with Crippen LogP contribution in [-0.4, -0.2) is 41.3 Å². The Kier molecular flexibility index (Phi) is 10.7. The summed E-state index contributed by atoms with van der Waals surface area (Å²) in [6.07, 6.45) is 4.44. The molecular formula is C9H20BrNO2. The molecule has 0 aromatic rings. The predicted octanol–water partition coefficient (Wildman–Crippen LogP) is 0.885. The van der Waals surface area contributed by atoms with Crippen molar-refractivity contribution < 1.29 is 10.2 Å². The monoisotopic (exact) mass is 253 g/mol. The van der Waals surface area contributed by atoms with Crippen molar-refractivity contribution in [2.45, 2.75) is 31.7 Å². The standard InChI is InChI=1S/C6H13NO.C3H7BrO/c8-5-1-4-7-6-2-3-6;4-2-1-3-5/h6-8H,1-5H2;5H,1-3H2. The van der Waals surface area contributed by atoms with Gasteiger partial charge in [-0.3, -0.25) is 0 Å². The molecule has 1 saturated carbocycles. The molecule has 80 valence electrons. The molecule has 0 radical (unpaired) electrons. The molecule has 0 atom stereocenters. The van der Waals surface area contributed by atoms with Crippen molar-refractivity contribution in [1.29, 1.82) is 0 Å². The quantitative estimate of drug-likeness (QED) is 0.487. The highest BCUT2D eigenvalue weighted by atomic mass is 79.9. The molecule has 0 aliphatic heterocycles. The fraction of sp³-hybridized carbons (Fsp3) is 1.00. The third-order valence-corrected chi connectivity index (χ3v) is 2.20. The van der Waals surface area contributed by atoms with Crippen molar-refractivity contribution in [2.75, 3.05) is 25.1 Å². The number of rotatable bonds is 6. The van der Waals surface area contributed by atoms with Crippen molar-refractivity contribution in [3.05, 3.63) is 0 Å².